The lowest BCUT2D eigenvalue weighted by Gasteiger charge is -2.43. The number of benzene rings is 1. The molecule has 0 radical (unpaired) electrons. The number of carbonyl (C=O) groups excluding carboxylic acids is 3. The first-order valence-corrected chi connectivity index (χ1v) is 10.8. The predicted octanol–water partition coefficient (Wildman–Crippen LogP) is 4.25. The molecular weight excluding hydrogens is 394 g/mol. The summed E-state index contributed by atoms with van der Waals surface area (Å²) < 4.78 is 5.35. The lowest BCUT2D eigenvalue weighted by Crippen LogP contribution is -2.60. The van der Waals surface area contributed by atoms with E-state index in [1.165, 1.54) is 13.0 Å². The summed E-state index contributed by atoms with van der Waals surface area (Å²) in [5.41, 5.74) is 0.474. The average molecular weight is 430 g/mol. The molecule has 3 N–H and O–H groups in total. The van der Waals surface area contributed by atoms with Crippen LogP contribution in [-0.4, -0.2) is 35.6 Å². The Morgan fingerprint density at radius 2 is 1.84 bits per heavy atom. The van der Waals surface area contributed by atoms with E-state index < -0.39 is 17.2 Å². The quantitative estimate of drug-likeness (QED) is 0.589. The van der Waals surface area contributed by atoms with Crippen LogP contribution in [0.1, 0.15) is 65.9 Å². The minimum atomic E-state index is -0.573. The zero-order valence-electron chi connectivity index (χ0n) is 19.2. The van der Waals surface area contributed by atoms with E-state index in [1.807, 2.05) is 32.9 Å². The lowest BCUT2D eigenvalue weighted by atomic mass is 9.73. The molecule has 170 valence electrons. The zero-order chi connectivity index (χ0) is 23.1. The number of alkyl carbamates (subject to hydrolysis) is 1. The highest BCUT2D eigenvalue weighted by Gasteiger charge is 2.39. The third kappa shape index (κ3) is 8.07. The Bertz CT molecular complexity index is 811. The van der Waals surface area contributed by atoms with E-state index in [2.05, 4.69) is 22.9 Å². The smallest absolute Gasteiger partial charge is 0.407 e. The molecule has 7 nitrogen and oxygen atoms in total. The minimum Gasteiger partial charge on any atom is -0.444 e. The number of rotatable bonds is 6. The van der Waals surface area contributed by atoms with Crippen LogP contribution in [0.25, 0.3) is 6.08 Å². The molecule has 3 amide bonds. The van der Waals surface area contributed by atoms with Crippen LogP contribution in [0.15, 0.2) is 30.3 Å². The van der Waals surface area contributed by atoms with Crippen LogP contribution in [0.4, 0.5) is 10.5 Å². The molecule has 1 aliphatic carbocycles. The second-order valence-electron chi connectivity index (χ2n) is 9.28. The van der Waals surface area contributed by atoms with Crippen LogP contribution in [0.3, 0.4) is 0 Å². The largest absolute Gasteiger partial charge is 0.444 e. The highest BCUT2D eigenvalue weighted by Crippen LogP contribution is 2.33. The summed E-state index contributed by atoms with van der Waals surface area (Å²) in [6.45, 7) is 9.36. The number of carbonyl (C=O) groups is 3. The third-order valence-corrected chi connectivity index (χ3v) is 5.43. The van der Waals surface area contributed by atoms with Crippen molar-refractivity contribution < 1.29 is 19.1 Å². The Balaban J connectivity index is 2.03. The highest BCUT2D eigenvalue weighted by atomic mass is 16.6. The first-order valence-electron chi connectivity index (χ1n) is 10.8. The van der Waals surface area contributed by atoms with Gasteiger partial charge in [-0.25, -0.2) is 4.79 Å². The minimum absolute atomic E-state index is 0.130. The van der Waals surface area contributed by atoms with Gasteiger partial charge in [0.1, 0.15) is 5.60 Å². The van der Waals surface area contributed by atoms with Crippen LogP contribution in [0, 0.1) is 5.92 Å². The van der Waals surface area contributed by atoms with Gasteiger partial charge in [0.2, 0.25) is 11.8 Å². The molecule has 2 rings (SSSR count). The van der Waals surface area contributed by atoms with Crippen molar-refractivity contribution in [2.24, 2.45) is 5.92 Å². The summed E-state index contributed by atoms with van der Waals surface area (Å²) in [5, 5.41) is 8.71. The number of hydrogen-bond acceptors (Lipinski definition) is 4. The molecule has 0 aliphatic heterocycles. The Morgan fingerprint density at radius 1 is 1.16 bits per heavy atom. The second kappa shape index (κ2) is 10.5. The van der Waals surface area contributed by atoms with E-state index in [9.17, 15) is 14.4 Å². The number of hydrogen-bond donors (Lipinski definition) is 3. The summed E-state index contributed by atoms with van der Waals surface area (Å²) in [5.74, 6) is -0.106. The Labute approximate surface area is 185 Å². The van der Waals surface area contributed by atoms with Crippen LogP contribution < -0.4 is 16.0 Å². The fourth-order valence-electron chi connectivity index (χ4n) is 3.79. The zero-order valence-corrected chi connectivity index (χ0v) is 19.2. The molecule has 31 heavy (non-hydrogen) atoms. The van der Waals surface area contributed by atoms with Crippen molar-refractivity contribution in [2.45, 2.75) is 71.4 Å². The fourth-order valence-corrected chi connectivity index (χ4v) is 3.79. The monoisotopic (exact) mass is 429 g/mol. The number of ether oxygens (including phenoxy) is 1. The van der Waals surface area contributed by atoms with E-state index in [0.717, 1.165) is 31.2 Å². The maximum Gasteiger partial charge on any atom is 0.407 e. The molecule has 7 heteroatoms. The van der Waals surface area contributed by atoms with Gasteiger partial charge in [0.05, 0.1) is 5.54 Å². The summed E-state index contributed by atoms with van der Waals surface area (Å²) in [6.07, 6.45) is 6.66. The van der Waals surface area contributed by atoms with Gasteiger partial charge in [-0.3, -0.25) is 9.59 Å². The van der Waals surface area contributed by atoms with Gasteiger partial charge in [0, 0.05) is 25.2 Å². The van der Waals surface area contributed by atoms with Crippen LogP contribution in [-0.2, 0) is 14.3 Å². The van der Waals surface area contributed by atoms with Crippen molar-refractivity contribution in [3.8, 4) is 0 Å². The molecule has 0 aromatic heterocycles. The first kappa shape index (κ1) is 24.4. The van der Waals surface area contributed by atoms with E-state index in [4.69, 9.17) is 4.74 Å². The molecule has 0 unspecified atom stereocenters. The number of anilines is 1. The molecule has 0 saturated heterocycles. The maximum absolute atomic E-state index is 12.7. The van der Waals surface area contributed by atoms with Gasteiger partial charge in [-0.05, 0) is 63.3 Å². The van der Waals surface area contributed by atoms with Crippen molar-refractivity contribution >= 4 is 29.7 Å². The summed E-state index contributed by atoms with van der Waals surface area (Å²) in [6, 6.07) is 7.24. The molecule has 1 aromatic rings. The lowest BCUT2D eigenvalue weighted by molar-refractivity contribution is -0.119. The van der Waals surface area contributed by atoms with Crippen molar-refractivity contribution in [3.63, 3.8) is 0 Å². The molecule has 0 spiro atoms. The summed E-state index contributed by atoms with van der Waals surface area (Å²) >= 11 is 0. The van der Waals surface area contributed by atoms with E-state index in [-0.39, 0.29) is 17.7 Å². The molecule has 2 atom stereocenters. The Morgan fingerprint density at radius 3 is 2.42 bits per heavy atom. The molecule has 0 heterocycles. The van der Waals surface area contributed by atoms with Crippen LogP contribution >= 0.6 is 0 Å². The van der Waals surface area contributed by atoms with E-state index >= 15 is 0 Å². The van der Waals surface area contributed by atoms with Crippen molar-refractivity contribution in [1.82, 2.24) is 10.6 Å². The van der Waals surface area contributed by atoms with E-state index in [0.29, 0.717) is 12.2 Å². The first-order chi connectivity index (χ1) is 14.5. The summed E-state index contributed by atoms with van der Waals surface area (Å²) in [4.78, 5) is 36.0. The van der Waals surface area contributed by atoms with Crippen LogP contribution in [0.5, 0.6) is 0 Å². The van der Waals surface area contributed by atoms with Gasteiger partial charge in [0.15, 0.2) is 0 Å². The number of nitrogens with one attached hydrogen (secondary N) is 3. The maximum atomic E-state index is 12.7. The Kier molecular flexibility index (Phi) is 8.25. The SMILES string of the molecule is CC(=O)Nc1ccc(/C=C/C(=O)N[C@]2(CNC(=O)OC(C)(C)C)CCCC[C@H]2C)cc1. The van der Waals surface area contributed by atoms with Gasteiger partial charge < -0.3 is 20.7 Å². The van der Waals surface area contributed by atoms with Gasteiger partial charge >= 0.3 is 6.09 Å². The van der Waals surface area contributed by atoms with Crippen molar-refractivity contribution in [2.75, 3.05) is 11.9 Å². The van der Waals surface area contributed by atoms with Crippen LogP contribution in [0.2, 0.25) is 0 Å². The molecule has 0 bridgehead atoms. The van der Waals surface area contributed by atoms with E-state index in [1.54, 1.807) is 18.2 Å². The third-order valence-electron chi connectivity index (χ3n) is 5.43. The van der Waals surface area contributed by atoms with Crippen molar-refractivity contribution in [3.05, 3.63) is 35.9 Å². The molecular formula is C24H35N3O4. The molecule has 1 saturated carbocycles. The van der Waals surface area contributed by atoms with Gasteiger partial charge in [0.25, 0.3) is 0 Å². The second-order valence-corrected chi connectivity index (χ2v) is 9.28. The molecule has 1 aliphatic rings. The highest BCUT2D eigenvalue weighted by molar-refractivity contribution is 5.92. The standard InChI is InChI=1S/C24H35N3O4/c1-17-8-6-7-15-24(17,16-25-22(30)31-23(3,4)5)27-21(29)14-11-19-9-12-20(13-10-19)26-18(2)28/h9-14,17H,6-8,15-16H2,1-5H3,(H,25,30)(H,26,28)(H,27,29)/b14-11+/t17-,24+/m1/s1. The normalized spacial score (nSPS) is 21.4. The van der Waals surface area contributed by atoms with Gasteiger partial charge in [-0.15, -0.1) is 0 Å². The van der Waals surface area contributed by atoms with Crippen molar-refractivity contribution in [1.29, 1.82) is 0 Å². The predicted molar refractivity (Wildman–Crippen MR) is 123 cm³/mol. The molecule has 1 aromatic carbocycles. The molecule has 1 fully saturated rings. The average Bonchev–Trinajstić information content (AvgIpc) is 2.66. The van der Waals surface area contributed by atoms with Gasteiger partial charge in [-0.1, -0.05) is 31.9 Å². The number of amides is 3. The Hall–Kier alpha value is -2.83. The summed E-state index contributed by atoms with van der Waals surface area (Å²) in [7, 11) is 0. The topological polar surface area (TPSA) is 96.5 Å². The fraction of sp³-hybridized carbons (Fsp3) is 0.542. The van der Waals surface area contributed by atoms with Gasteiger partial charge in [-0.2, -0.15) is 0 Å².